The maximum absolute atomic E-state index is 11.6. The third-order valence-electron chi connectivity index (χ3n) is 2.20. The van der Waals surface area contributed by atoms with Crippen LogP contribution in [0.5, 0.6) is 5.75 Å². The maximum atomic E-state index is 11.6. The van der Waals surface area contributed by atoms with Crippen molar-refractivity contribution >= 4 is 5.97 Å². The summed E-state index contributed by atoms with van der Waals surface area (Å²) in [5, 5.41) is 0. The average molecular weight is 222 g/mol. The molecule has 88 valence electrons. The van der Waals surface area contributed by atoms with E-state index in [-0.39, 0.29) is 11.4 Å². The molecular weight excluding hydrogens is 204 g/mol. The van der Waals surface area contributed by atoms with Crippen LogP contribution in [0.1, 0.15) is 20.8 Å². The number of ether oxygens (including phenoxy) is 2. The standard InChI is InChI=1S/C13H18O3/c1-13(2,3)11(12(14)15-4)16-10-8-6-5-7-9-10/h5-9,11H,1-4H3. The Morgan fingerprint density at radius 3 is 2.19 bits per heavy atom. The largest absolute Gasteiger partial charge is 0.478 e. The van der Waals surface area contributed by atoms with Crippen molar-refractivity contribution in [1.29, 1.82) is 0 Å². The predicted molar refractivity (Wildman–Crippen MR) is 62.3 cm³/mol. The molecule has 0 bridgehead atoms. The lowest BCUT2D eigenvalue weighted by Gasteiger charge is -2.28. The van der Waals surface area contributed by atoms with Crippen LogP contribution in [0.3, 0.4) is 0 Å². The summed E-state index contributed by atoms with van der Waals surface area (Å²) >= 11 is 0. The molecule has 0 heterocycles. The van der Waals surface area contributed by atoms with E-state index >= 15 is 0 Å². The zero-order valence-corrected chi connectivity index (χ0v) is 10.2. The molecule has 3 heteroatoms. The Labute approximate surface area is 96.4 Å². The number of hydrogen-bond acceptors (Lipinski definition) is 3. The summed E-state index contributed by atoms with van der Waals surface area (Å²) in [7, 11) is 1.37. The molecule has 1 atom stereocenters. The van der Waals surface area contributed by atoms with Gasteiger partial charge in [-0.3, -0.25) is 0 Å². The van der Waals surface area contributed by atoms with Crippen LogP contribution in [0, 0.1) is 5.41 Å². The molecule has 0 aliphatic heterocycles. The van der Waals surface area contributed by atoms with Crippen molar-refractivity contribution in [2.75, 3.05) is 7.11 Å². The molecule has 0 aliphatic carbocycles. The molecule has 0 radical (unpaired) electrons. The van der Waals surface area contributed by atoms with Gasteiger partial charge in [0.15, 0.2) is 0 Å². The molecule has 1 rings (SSSR count). The topological polar surface area (TPSA) is 35.5 Å². The summed E-state index contributed by atoms with van der Waals surface area (Å²) in [6, 6.07) is 9.28. The van der Waals surface area contributed by atoms with Gasteiger partial charge in [0.2, 0.25) is 6.10 Å². The number of carbonyl (C=O) groups excluding carboxylic acids is 1. The zero-order chi connectivity index (χ0) is 12.2. The van der Waals surface area contributed by atoms with Gasteiger partial charge in [-0.25, -0.2) is 4.79 Å². The van der Waals surface area contributed by atoms with Gasteiger partial charge in [-0.05, 0) is 12.1 Å². The van der Waals surface area contributed by atoms with Crippen molar-refractivity contribution in [3.63, 3.8) is 0 Å². The van der Waals surface area contributed by atoms with Crippen molar-refractivity contribution in [1.82, 2.24) is 0 Å². The number of hydrogen-bond donors (Lipinski definition) is 0. The molecule has 0 aliphatic rings. The van der Waals surface area contributed by atoms with Gasteiger partial charge in [-0.1, -0.05) is 39.0 Å². The molecule has 0 spiro atoms. The van der Waals surface area contributed by atoms with E-state index in [4.69, 9.17) is 9.47 Å². The first kappa shape index (κ1) is 12.6. The molecule has 1 aromatic carbocycles. The van der Waals surface area contributed by atoms with E-state index in [0.29, 0.717) is 5.75 Å². The smallest absolute Gasteiger partial charge is 0.347 e. The summed E-state index contributed by atoms with van der Waals surface area (Å²) in [5.74, 6) is 0.323. The van der Waals surface area contributed by atoms with Crippen LogP contribution >= 0.6 is 0 Å². The Balaban J connectivity index is 2.84. The fraction of sp³-hybridized carbons (Fsp3) is 0.462. The van der Waals surface area contributed by atoms with E-state index in [0.717, 1.165) is 0 Å². The van der Waals surface area contributed by atoms with Gasteiger partial charge >= 0.3 is 5.97 Å². The Morgan fingerprint density at radius 2 is 1.75 bits per heavy atom. The molecule has 3 nitrogen and oxygen atoms in total. The molecule has 0 aromatic heterocycles. The Kier molecular flexibility index (Phi) is 3.93. The lowest BCUT2D eigenvalue weighted by Crippen LogP contribution is -2.40. The highest BCUT2D eigenvalue weighted by Gasteiger charge is 2.34. The van der Waals surface area contributed by atoms with Gasteiger partial charge in [0.25, 0.3) is 0 Å². The predicted octanol–water partition coefficient (Wildman–Crippen LogP) is 2.65. The highest BCUT2D eigenvalue weighted by atomic mass is 16.6. The molecule has 0 saturated heterocycles. The summed E-state index contributed by atoms with van der Waals surface area (Å²) < 4.78 is 10.4. The fourth-order valence-corrected chi connectivity index (χ4v) is 1.32. The third-order valence-corrected chi connectivity index (χ3v) is 2.20. The van der Waals surface area contributed by atoms with E-state index in [1.54, 1.807) is 0 Å². The first-order chi connectivity index (χ1) is 7.45. The fourth-order valence-electron chi connectivity index (χ4n) is 1.32. The molecule has 0 fully saturated rings. The van der Waals surface area contributed by atoms with E-state index < -0.39 is 6.10 Å². The Morgan fingerprint density at radius 1 is 1.19 bits per heavy atom. The first-order valence-electron chi connectivity index (χ1n) is 5.24. The van der Waals surface area contributed by atoms with Crippen LogP contribution in [0.4, 0.5) is 0 Å². The molecule has 1 aromatic rings. The number of rotatable bonds is 3. The second kappa shape index (κ2) is 5.01. The first-order valence-corrected chi connectivity index (χ1v) is 5.24. The summed E-state index contributed by atoms with van der Waals surface area (Å²) in [5.41, 5.74) is -0.303. The number of benzene rings is 1. The molecule has 0 N–H and O–H groups in total. The SMILES string of the molecule is COC(=O)C(Oc1ccccc1)C(C)(C)C. The van der Waals surface area contributed by atoms with E-state index in [2.05, 4.69) is 0 Å². The van der Waals surface area contributed by atoms with Crippen molar-refractivity contribution in [2.24, 2.45) is 5.41 Å². The summed E-state index contributed by atoms with van der Waals surface area (Å²) in [6.07, 6.45) is -0.597. The molecule has 16 heavy (non-hydrogen) atoms. The van der Waals surface area contributed by atoms with Crippen molar-refractivity contribution < 1.29 is 14.3 Å². The van der Waals surface area contributed by atoms with E-state index in [1.165, 1.54) is 7.11 Å². The van der Waals surface area contributed by atoms with Crippen molar-refractivity contribution in [2.45, 2.75) is 26.9 Å². The number of methoxy groups -OCH3 is 1. The molecule has 0 saturated carbocycles. The van der Waals surface area contributed by atoms with Gasteiger partial charge < -0.3 is 9.47 Å². The number of esters is 1. The summed E-state index contributed by atoms with van der Waals surface area (Å²) in [6.45, 7) is 5.83. The van der Waals surface area contributed by atoms with Gasteiger partial charge in [-0.2, -0.15) is 0 Å². The molecular formula is C13H18O3. The maximum Gasteiger partial charge on any atom is 0.347 e. The van der Waals surface area contributed by atoms with Gasteiger partial charge in [-0.15, -0.1) is 0 Å². The Bertz CT molecular complexity index is 338. The monoisotopic (exact) mass is 222 g/mol. The van der Waals surface area contributed by atoms with E-state index in [9.17, 15) is 4.79 Å². The lowest BCUT2D eigenvalue weighted by molar-refractivity contribution is -0.154. The highest BCUT2D eigenvalue weighted by molar-refractivity contribution is 5.75. The Hall–Kier alpha value is -1.51. The molecule has 0 amide bonds. The quantitative estimate of drug-likeness (QED) is 0.737. The molecule has 1 unspecified atom stereocenters. The normalized spacial score (nSPS) is 13.0. The zero-order valence-electron chi connectivity index (χ0n) is 10.2. The van der Waals surface area contributed by atoms with Crippen LogP contribution in [0.15, 0.2) is 30.3 Å². The van der Waals surface area contributed by atoms with Crippen LogP contribution < -0.4 is 4.74 Å². The van der Waals surface area contributed by atoms with Crippen LogP contribution in [-0.4, -0.2) is 19.2 Å². The second-order valence-electron chi connectivity index (χ2n) is 4.70. The van der Waals surface area contributed by atoms with Crippen LogP contribution in [-0.2, 0) is 9.53 Å². The minimum atomic E-state index is -0.597. The minimum absolute atomic E-state index is 0.303. The summed E-state index contributed by atoms with van der Waals surface area (Å²) in [4.78, 5) is 11.6. The third kappa shape index (κ3) is 3.26. The minimum Gasteiger partial charge on any atom is -0.478 e. The van der Waals surface area contributed by atoms with Gasteiger partial charge in [0.05, 0.1) is 7.11 Å². The lowest BCUT2D eigenvalue weighted by atomic mass is 9.89. The van der Waals surface area contributed by atoms with Crippen molar-refractivity contribution in [3.8, 4) is 5.75 Å². The highest BCUT2D eigenvalue weighted by Crippen LogP contribution is 2.25. The van der Waals surface area contributed by atoms with Gasteiger partial charge in [0.1, 0.15) is 5.75 Å². The van der Waals surface area contributed by atoms with E-state index in [1.807, 2.05) is 51.1 Å². The van der Waals surface area contributed by atoms with Crippen LogP contribution in [0.2, 0.25) is 0 Å². The number of carbonyl (C=O) groups is 1. The number of para-hydroxylation sites is 1. The second-order valence-corrected chi connectivity index (χ2v) is 4.70. The van der Waals surface area contributed by atoms with Crippen molar-refractivity contribution in [3.05, 3.63) is 30.3 Å². The average Bonchev–Trinajstić information content (AvgIpc) is 2.25. The van der Waals surface area contributed by atoms with Gasteiger partial charge in [0, 0.05) is 5.41 Å². The van der Waals surface area contributed by atoms with Crippen LogP contribution in [0.25, 0.3) is 0 Å².